The average molecular weight is 474 g/mol. The first-order valence-electron chi connectivity index (χ1n) is 10.6. The van der Waals surface area contributed by atoms with Gasteiger partial charge in [-0.05, 0) is 48.4 Å². The molecule has 0 bridgehead atoms. The number of nitrogens with one attached hydrogen (secondary N) is 2. The molecule has 10 heteroatoms. The summed E-state index contributed by atoms with van der Waals surface area (Å²) in [5.41, 5.74) is 1.17. The number of methoxy groups -OCH3 is 2. The van der Waals surface area contributed by atoms with E-state index in [0.29, 0.717) is 17.0 Å². The molecule has 0 saturated carbocycles. The Labute approximate surface area is 197 Å². The number of carbonyl (C=O) groups is 4. The smallest absolute Gasteiger partial charge is 0.305 e. The summed E-state index contributed by atoms with van der Waals surface area (Å²) in [6.45, 7) is -0.515. The number of ether oxygens (including phenoxy) is 2. The lowest BCUT2D eigenvalue weighted by Crippen LogP contribution is -2.42. The van der Waals surface area contributed by atoms with Gasteiger partial charge in [-0.2, -0.15) is 0 Å². The maximum Gasteiger partial charge on any atom is 0.305 e. The van der Waals surface area contributed by atoms with Crippen LogP contribution in [-0.4, -0.2) is 55.9 Å². The molecule has 34 heavy (non-hydrogen) atoms. The van der Waals surface area contributed by atoms with Crippen LogP contribution in [0.15, 0.2) is 48.5 Å². The third-order valence-electron chi connectivity index (χ3n) is 4.79. The van der Waals surface area contributed by atoms with Crippen molar-refractivity contribution < 1.29 is 33.0 Å². The minimum atomic E-state index is -0.534. The van der Waals surface area contributed by atoms with Crippen molar-refractivity contribution in [2.75, 3.05) is 32.6 Å². The normalized spacial score (nSPS) is 10.2. The number of amides is 3. The summed E-state index contributed by atoms with van der Waals surface area (Å²) in [6, 6.07) is 12.3. The number of anilines is 1. The molecule has 2 aromatic rings. The highest BCUT2D eigenvalue weighted by atomic mass is 19.1. The second-order valence-electron chi connectivity index (χ2n) is 7.36. The van der Waals surface area contributed by atoms with Gasteiger partial charge in [-0.1, -0.05) is 12.1 Å². The van der Waals surface area contributed by atoms with E-state index in [1.54, 1.807) is 24.3 Å². The van der Waals surface area contributed by atoms with E-state index in [9.17, 15) is 23.6 Å². The molecule has 182 valence electrons. The average Bonchev–Trinajstić information content (AvgIpc) is 2.84. The Kier molecular flexibility index (Phi) is 10.5. The van der Waals surface area contributed by atoms with Gasteiger partial charge in [-0.15, -0.1) is 0 Å². The summed E-state index contributed by atoms with van der Waals surface area (Å²) < 4.78 is 22.8. The van der Waals surface area contributed by atoms with Gasteiger partial charge in [0.25, 0.3) is 0 Å². The zero-order chi connectivity index (χ0) is 24.9. The highest BCUT2D eigenvalue weighted by Crippen LogP contribution is 2.14. The van der Waals surface area contributed by atoms with Crippen molar-refractivity contribution in [2.24, 2.45) is 0 Å². The van der Waals surface area contributed by atoms with Crippen molar-refractivity contribution in [3.63, 3.8) is 0 Å². The lowest BCUT2D eigenvalue weighted by Gasteiger charge is -2.22. The highest BCUT2D eigenvalue weighted by Gasteiger charge is 2.19. The molecule has 0 aliphatic heterocycles. The first-order chi connectivity index (χ1) is 16.3. The van der Waals surface area contributed by atoms with Gasteiger partial charge < -0.3 is 25.0 Å². The molecule has 2 aromatic carbocycles. The van der Waals surface area contributed by atoms with E-state index in [0.717, 1.165) is 0 Å². The van der Waals surface area contributed by atoms with E-state index in [4.69, 9.17) is 4.74 Å². The third-order valence-corrected chi connectivity index (χ3v) is 4.79. The first kappa shape index (κ1) is 26.3. The van der Waals surface area contributed by atoms with E-state index in [-0.39, 0.29) is 44.8 Å². The Bertz CT molecular complexity index is 979. The van der Waals surface area contributed by atoms with Crippen LogP contribution in [0.1, 0.15) is 24.8 Å². The van der Waals surface area contributed by atoms with Crippen molar-refractivity contribution in [3.8, 4) is 5.75 Å². The molecule has 0 atom stereocenters. The van der Waals surface area contributed by atoms with Crippen LogP contribution in [-0.2, 0) is 30.5 Å². The largest absolute Gasteiger partial charge is 0.497 e. The van der Waals surface area contributed by atoms with E-state index in [1.807, 2.05) is 0 Å². The minimum Gasteiger partial charge on any atom is -0.497 e. The Hall–Kier alpha value is -3.95. The summed E-state index contributed by atoms with van der Waals surface area (Å²) >= 11 is 0. The molecule has 9 nitrogen and oxygen atoms in total. The Morgan fingerprint density at radius 2 is 1.59 bits per heavy atom. The van der Waals surface area contributed by atoms with Gasteiger partial charge in [-0.25, -0.2) is 4.39 Å². The fourth-order valence-electron chi connectivity index (χ4n) is 2.97. The van der Waals surface area contributed by atoms with E-state index < -0.39 is 23.6 Å². The van der Waals surface area contributed by atoms with Crippen molar-refractivity contribution in [1.82, 2.24) is 10.2 Å². The molecule has 0 aliphatic rings. The molecule has 0 unspecified atom stereocenters. The topological polar surface area (TPSA) is 114 Å². The van der Waals surface area contributed by atoms with E-state index in [2.05, 4.69) is 15.4 Å². The summed E-state index contributed by atoms with van der Waals surface area (Å²) in [7, 11) is 2.80. The molecule has 0 radical (unpaired) electrons. The van der Waals surface area contributed by atoms with Gasteiger partial charge in [0.15, 0.2) is 0 Å². The first-order valence-corrected chi connectivity index (χ1v) is 10.6. The summed E-state index contributed by atoms with van der Waals surface area (Å²) in [5, 5.41) is 5.13. The van der Waals surface area contributed by atoms with Gasteiger partial charge in [0, 0.05) is 25.1 Å². The Morgan fingerprint density at radius 3 is 2.21 bits per heavy atom. The fraction of sp³-hybridized carbons (Fsp3) is 0.333. The number of carbonyl (C=O) groups excluding carboxylic acids is 4. The SMILES string of the molecule is COC(=O)CCCC(=O)N(CC(=O)NCC(=O)Nc1ccc(OC)cc1)Cc1ccc(F)cc1. The molecule has 3 amide bonds. The predicted octanol–water partition coefficient (Wildman–Crippen LogP) is 2.26. The number of esters is 1. The third kappa shape index (κ3) is 9.27. The van der Waals surface area contributed by atoms with Crippen LogP contribution in [0.3, 0.4) is 0 Å². The highest BCUT2D eigenvalue weighted by molar-refractivity contribution is 5.95. The maximum absolute atomic E-state index is 13.2. The summed E-state index contributed by atoms with van der Waals surface area (Å²) in [4.78, 5) is 49.8. The maximum atomic E-state index is 13.2. The number of nitrogens with zero attached hydrogens (tertiary/aromatic N) is 1. The Morgan fingerprint density at radius 1 is 0.912 bits per heavy atom. The minimum absolute atomic E-state index is 0.0293. The van der Waals surface area contributed by atoms with Gasteiger partial charge >= 0.3 is 5.97 Å². The molecular formula is C24H28FN3O6. The monoisotopic (exact) mass is 473 g/mol. The predicted molar refractivity (Wildman–Crippen MR) is 122 cm³/mol. The summed E-state index contributed by atoms with van der Waals surface area (Å²) in [6.07, 6.45) is 0.364. The second-order valence-corrected chi connectivity index (χ2v) is 7.36. The number of hydrogen-bond donors (Lipinski definition) is 2. The van der Waals surface area contributed by atoms with Gasteiger partial charge in [0.05, 0.1) is 27.3 Å². The van der Waals surface area contributed by atoms with Crippen LogP contribution in [0.2, 0.25) is 0 Å². The zero-order valence-electron chi connectivity index (χ0n) is 19.1. The zero-order valence-corrected chi connectivity index (χ0v) is 19.1. The molecule has 0 aliphatic carbocycles. The van der Waals surface area contributed by atoms with Crippen LogP contribution in [0, 0.1) is 5.82 Å². The van der Waals surface area contributed by atoms with Gasteiger partial charge in [0.1, 0.15) is 11.6 Å². The standard InChI is InChI=1S/C24H28FN3O6/c1-33-20-12-10-19(11-13-20)27-21(29)14-26-22(30)16-28(15-17-6-8-18(25)9-7-17)23(31)4-3-5-24(32)34-2/h6-13H,3-5,14-16H2,1-2H3,(H,26,30)(H,27,29). The van der Waals surface area contributed by atoms with E-state index in [1.165, 1.54) is 43.4 Å². The molecule has 2 rings (SSSR count). The lowest BCUT2D eigenvalue weighted by molar-refractivity contribution is -0.141. The van der Waals surface area contributed by atoms with Crippen LogP contribution >= 0.6 is 0 Å². The van der Waals surface area contributed by atoms with Crippen LogP contribution in [0.5, 0.6) is 5.75 Å². The quantitative estimate of drug-likeness (QED) is 0.457. The van der Waals surface area contributed by atoms with Gasteiger partial charge in [0.2, 0.25) is 17.7 Å². The number of hydrogen-bond acceptors (Lipinski definition) is 6. The number of rotatable bonds is 12. The van der Waals surface area contributed by atoms with E-state index >= 15 is 0 Å². The molecule has 0 heterocycles. The fourth-order valence-corrected chi connectivity index (χ4v) is 2.97. The van der Waals surface area contributed by atoms with Crippen LogP contribution in [0.25, 0.3) is 0 Å². The number of halogens is 1. The molecular weight excluding hydrogens is 445 g/mol. The van der Waals surface area contributed by atoms with Gasteiger partial charge in [-0.3, -0.25) is 19.2 Å². The Balaban J connectivity index is 1.91. The molecule has 0 fully saturated rings. The van der Waals surface area contributed by atoms with Crippen molar-refractivity contribution >= 4 is 29.4 Å². The van der Waals surface area contributed by atoms with Crippen LogP contribution in [0.4, 0.5) is 10.1 Å². The number of benzene rings is 2. The van der Waals surface area contributed by atoms with Crippen LogP contribution < -0.4 is 15.4 Å². The molecule has 0 aromatic heterocycles. The van der Waals surface area contributed by atoms with Crippen molar-refractivity contribution in [2.45, 2.75) is 25.8 Å². The summed E-state index contributed by atoms with van der Waals surface area (Å²) in [5.74, 6) is -1.53. The lowest BCUT2D eigenvalue weighted by atomic mass is 10.1. The molecule has 0 saturated heterocycles. The van der Waals surface area contributed by atoms with Crippen molar-refractivity contribution in [1.29, 1.82) is 0 Å². The molecule has 0 spiro atoms. The molecule has 2 N–H and O–H groups in total. The van der Waals surface area contributed by atoms with Crippen molar-refractivity contribution in [3.05, 3.63) is 59.9 Å². The second kappa shape index (κ2) is 13.6.